The zero-order chi connectivity index (χ0) is 20.1. The van der Waals surface area contributed by atoms with E-state index in [2.05, 4.69) is 12.2 Å². The number of phenolic OH excluding ortho intramolecular Hbond substituents is 1. The third-order valence-corrected chi connectivity index (χ3v) is 4.89. The molecule has 0 saturated heterocycles. The van der Waals surface area contributed by atoms with Gasteiger partial charge in [-0.25, -0.2) is 4.79 Å². The maximum absolute atomic E-state index is 12.1. The van der Waals surface area contributed by atoms with Crippen LogP contribution in [0.3, 0.4) is 0 Å². The van der Waals surface area contributed by atoms with Gasteiger partial charge in [0.15, 0.2) is 0 Å². The van der Waals surface area contributed by atoms with E-state index in [-0.39, 0.29) is 18.1 Å². The Morgan fingerprint density at radius 2 is 1.59 bits per heavy atom. The van der Waals surface area contributed by atoms with Gasteiger partial charge in [0.05, 0.1) is 0 Å². The Kier molecular flexibility index (Phi) is 11.2. The molecule has 0 aliphatic heterocycles. The molecule has 1 amide bonds. The molecule has 5 nitrogen and oxygen atoms in total. The Hall–Kier alpha value is -2.04. The average Bonchev–Trinajstić information content (AvgIpc) is 2.61. The number of unbranched alkanes of at least 4 members (excludes halogenated alkanes) is 8. The van der Waals surface area contributed by atoms with E-state index in [0.29, 0.717) is 6.42 Å². The molecule has 0 aliphatic carbocycles. The summed E-state index contributed by atoms with van der Waals surface area (Å²) in [6.07, 6.45) is 11.2. The van der Waals surface area contributed by atoms with Crippen molar-refractivity contribution in [1.82, 2.24) is 5.32 Å². The first kappa shape index (κ1) is 23.0. The molecule has 0 fully saturated rings. The number of benzene rings is 1. The molecule has 0 spiro atoms. The maximum atomic E-state index is 12.1. The van der Waals surface area contributed by atoms with Crippen LogP contribution < -0.4 is 5.32 Å². The number of aryl methyl sites for hydroxylation is 1. The van der Waals surface area contributed by atoms with E-state index in [1.165, 1.54) is 44.6 Å². The summed E-state index contributed by atoms with van der Waals surface area (Å²) in [4.78, 5) is 23.6. The monoisotopic (exact) mass is 377 g/mol. The Bertz CT molecular complexity index is 586. The van der Waals surface area contributed by atoms with Crippen LogP contribution in [0.25, 0.3) is 0 Å². The lowest BCUT2D eigenvalue weighted by molar-refractivity contribution is -0.141. The molecule has 1 aromatic rings. The molecule has 0 saturated carbocycles. The van der Waals surface area contributed by atoms with Crippen LogP contribution in [0.2, 0.25) is 0 Å². The molecule has 1 atom stereocenters. The quantitative estimate of drug-likeness (QED) is 0.409. The highest BCUT2D eigenvalue weighted by atomic mass is 16.4. The fraction of sp³-hybridized carbons (Fsp3) is 0.636. The largest absolute Gasteiger partial charge is 0.508 e. The van der Waals surface area contributed by atoms with E-state index in [4.69, 9.17) is 0 Å². The fourth-order valence-electron chi connectivity index (χ4n) is 3.19. The van der Waals surface area contributed by atoms with E-state index in [9.17, 15) is 19.8 Å². The number of carbonyl (C=O) groups is 2. The van der Waals surface area contributed by atoms with Crippen molar-refractivity contribution in [2.75, 3.05) is 0 Å². The van der Waals surface area contributed by atoms with Crippen molar-refractivity contribution in [2.24, 2.45) is 0 Å². The normalized spacial score (nSPS) is 11.9. The molecule has 0 aliphatic rings. The van der Waals surface area contributed by atoms with Gasteiger partial charge in [-0.1, -0.05) is 64.4 Å². The Morgan fingerprint density at radius 3 is 2.15 bits per heavy atom. The van der Waals surface area contributed by atoms with Gasteiger partial charge in [0.1, 0.15) is 11.8 Å². The van der Waals surface area contributed by atoms with Gasteiger partial charge in [0.2, 0.25) is 5.91 Å². The first-order valence-corrected chi connectivity index (χ1v) is 10.2. The molecule has 0 bridgehead atoms. The van der Waals surface area contributed by atoms with E-state index in [0.717, 1.165) is 30.4 Å². The van der Waals surface area contributed by atoms with Crippen molar-refractivity contribution in [1.29, 1.82) is 0 Å². The topological polar surface area (TPSA) is 86.6 Å². The van der Waals surface area contributed by atoms with E-state index >= 15 is 0 Å². The van der Waals surface area contributed by atoms with Crippen LogP contribution in [0, 0.1) is 6.92 Å². The SMILES string of the molecule is CCCCCCCCCCCC(=O)N[C@@H](Cc1ccc(O)cc1C)C(=O)O. The summed E-state index contributed by atoms with van der Waals surface area (Å²) in [6.45, 7) is 4.03. The highest BCUT2D eigenvalue weighted by Crippen LogP contribution is 2.17. The summed E-state index contributed by atoms with van der Waals surface area (Å²) >= 11 is 0. The fourth-order valence-corrected chi connectivity index (χ4v) is 3.19. The number of rotatable bonds is 14. The molecule has 5 heteroatoms. The summed E-state index contributed by atoms with van der Waals surface area (Å²) in [7, 11) is 0. The number of phenols is 1. The van der Waals surface area contributed by atoms with Crippen LogP contribution in [0.4, 0.5) is 0 Å². The van der Waals surface area contributed by atoms with Gasteiger partial charge in [0.25, 0.3) is 0 Å². The average molecular weight is 378 g/mol. The lowest BCUT2D eigenvalue weighted by Gasteiger charge is -2.16. The number of carbonyl (C=O) groups excluding carboxylic acids is 1. The van der Waals surface area contributed by atoms with Crippen LogP contribution in [-0.2, 0) is 16.0 Å². The molecular formula is C22H35NO4. The number of hydrogen-bond acceptors (Lipinski definition) is 3. The molecular weight excluding hydrogens is 342 g/mol. The van der Waals surface area contributed by atoms with E-state index in [1.54, 1.807) is 12.1 Å². The second kappa shape index (κ2) is 13.2. The third-order valence-electron chi connectivity index (χ3n) is 4.89. The van der Waals surface area contributed by atoms with Crippen molar-refractivity contribution in [2.45, 2.75) is 90.5 Å². The van der Waals surface area contributed by atoms with E-state index in [1.807, 2.05) is 6.92 Å². The predicted molar refractivity (Wildman–Crippen MR) is 108 cm³/mol. The molecule has 0 radical (unpaired) electrons. The van der Waals surface area contributed by atoms with Crippen LogP contribution in [0.5, 0.6) is 5.75 Å². The first-order chi connectivity index (χ1) is 12.9. The van der Waals surface area contributed by atoms with Crippen molar-refractivity contribution < 1.29 is 19.8 Å². The number of nitrogens with one attached hydrogen (secondary N) is 1. The Morgan fingerprint density at radius 1 is 1.00 bits per heavy atom. The standard InChI is InChI=1S/C22H35NO4/c1-3-4-5-6-7-8-9-10-11-12-21(25)23-20(22(26)27)16-18-13-14-19(24)15-17(18)2/h13-15,20,24H,3-12,16H2,1-2H3,(H,23,25)(H,26,27)/t20-/m0/s1. The molecule has 3 N–H and O–H groups in total. The molecule has 27 heavy (non-hydrogen) atoms. The maximum Gasteiger partial charge on any atom is 0.326 e. The molecule has 0 aromatic heterocycles. The van der Waals surface area contributed by atoms with Crippen LogP contribution >= 0.6 is 0 Å². The molecule has 0 heterocycles. The highest BCUT2D eigenvalue weighted by Gasteiger charge is 2.21. The van der Waals surface area contributed by atoms with Crippen molar-refractivity contribution >= 4 is 11.9 Å². The number of hydrogen-bond donors (Lipinski definition) is 3. The lowest BCUT2D eigenvalue weighted by Crippen LogP contribution is -2.42. The lowest BCUT2D eigenvalue weighted by atomic mass is 10.0. The number of carboxylic acids is 1. The van der Waals surface area contributed by atoms with Gasteiger partial charge >= 0.3 is 5.97 Å². The van der Waals surface area contributed by atoms with Gasteiger partial charge in [-0.2, -0.15) is 0 Å². The van der Waals surface area contributed by atoms with Gasteiger partial charge in [-0.15, -0.1) is 0 Å². The molecule has 0 unspecified atom stereocenters. The number of amides is 1. The number of aromatic hydroxyl groups is 1. The second-order valence-corrected chi connectivity index (χ2v) is 7.35. The zero-order valence-corrected chi connectivity index (χ0v) is 16.8. The van der Waals surface area contributed by atoms with Crippen molar-refractivity contribution in [3.8, 4) is 5.75 Å². The minimum absolute atomic E-state index is 0.150. The third kappa shape index (κ3) is 10.0. The number of aliphatic carboxylic acids is 1. The summed E-state index contributed by atoms with van der Waals surface area (Å²) in [5.74, 6) is -1.10. The molecule has 1 aromatic carbocycles. The van der Waals surface area contributed by atoms with Gasteiger partial charge in [-0.3, -0.25) is 4.79 Å². The Balaban J connectivity index is 2.28. The van der Waals surface area contributed by atoms with E-state index < -0.39 is 12.0 Å². The van der Waals surface area contributed by atoms with Gasteiger partial charge in [0, 0.05) is 12.8 Å². The predicted octanol–water partition coefficient (Wildman–Crippen LogP) is 4.73. The summed E-state index contributed by atoms with van der Waals surface area (Å²) in [5, 5.41) is 21.5. The smallest absolute Gasteiger partial charge is 0.326 e. The first-order valence-electron chi connectivity index (χ1n) is 10.2. The van der Waals surface area contributed by atoms with Crippen molar-refractivity contribution in [3.05, 3.63) is 29.3 Å². The molecule has 1 rings (SSSR count). The summed E-state index contributed by atoms with van der Waals surface area (Å²) in [6, 6.07) is 3.89. The van der Waals surface area contributed by atoms with Crippen LogP contribution in [0.15, 0.2) is 18.2 Å². The van der Waals surface area contributed by atoms with Crippen LogP contribution in [0.1, 0.15) is 82.3 Å². The highest BCUT2D eigenvalue weighted by molar-refractivity contribution is 5.83. The zero-order valence-electron chi connectivity index (χ0n) is 16.8. The van der Waals surface area contributed by atoms with Crippen LogP contribution in [-0.4, -0.2) is 28.1 Å². The van der Waals surface area contributed by atoms with Gasteiger partial charge < -0.3 is 15.5 Å². The summed E-state index contributed by atoms with van der Waals surface area (Å²) < 4.78 is 0. The van der Waals surface area contributed by atoms with Crippen molar-refractivity contribution in [3.63, 3.8) is 0 Å². The minimum Gasteiger partial charge on any atom is -0.508 e. The number of carboxylic acid groups (broad SMARTS) is 1. The second-order valence-electron chi connectivity index (χ2n) is 7.35. The van der Waals surface area contributed by atoms with Gasteiger partial charge in [-0.05, 0) is 36.6 Å². The summed E-state index contributed by atoms with van der Waals surface area (Å²) in [5.41, 5.74) is 1.62. The minimum atomic E-state index is -1.04. The Labute approximate surface area is 163 Å². The molecule has 152 valence electrons.